The van der Waals surface area contributed by atoms with Crippen molar-refractivity contribution in [2.24, 2.45) is 0 Å². The summed E-state index contributed by atoms with van der Waals surface area (Å²) in [6.07, 6.45) is -0.260. The first-order valence-electron chi connectivity index (χ1n) is 13.9. The Bertz CT molecular complexity index is 1240. The van der Waals surface area contributed by atoms with Crippen LogP contribution in [-0.2, 0) is 22.6 Å². The van der Waals surface area contributed by atoms with Crippen molar-refractivity contribution in [1.29, 1.82) is 0 Å². The van der Waals surface area contributed by atoms with Crippen LogP contribution in [0.15, 0.2) is 35.0 Å². The molecule has 2 heterocycles. The number of hydrogen-bond donors (Lipinski definition) is 0. The lowest BCUT2D eigenvalue weighted by molar-refractivity contribution is -0.128. The SMILES string of the molecule is [2H]c1c([2H])c([2H])c(N(C(=O)CC)C2(OC)CCN(C([2H])([2H])C([2H])([2H])n3nnn(CC)c3=O)CC2)c([2H])c1[2H]. The van der Waals surface area contributed by atoms with Crippen LogP contribution in [0, 0.1) is 0 Å². The quantitative estimate of drug-likeness (QED) is 0.610. The number of tetrazole rings is 1. The number of methoxy groups -OCH3 is 1. The zero-order valence-corrected chi connectivity index (χ0v) is 16.7. The topological polar surface area (TPSA) is 85.5 Å². The number of piperidine rings is 1. The molecule has 1 aromatic heterocycles. The number of anilines is 1. The Kier molecular flexibility index (Phi) is 3.93. The fourth-order valence-electron chi connectivity index (χ4n) is 3.22. The highest BCUT2D eigenvalue weighted by Crippen LogP contribution is 2.34. The normalized spacial score (nSPS) is 22.1. The van der Waals surface area contributed by atoms with Crippen molar-refractivity contribution in [3.05, 3.63) is 40.7 Å². The van der Waals surface area contributed by atoms with Crippen LogP contribution in [0.4, 0.5) is 5.69 Å². The lowest BCUT2D eigenvalue weighted by Gasteiger charge is -2.47. The molecule has 2 aromatic rings. The van der Waals surface area contributed by atoms with E-state index in [4.69, 9.17) is 17.1 Å². The van der Waals surface area contributed by atoms with Crippen LogP contribution in [0.1, 0.15) is 45.4 Å². The molecule has 3 rings (SSSR count). The van der Waals surface area contributed by atoms with Gasteiger partial charge in [0.1, 0.15) is 5.72 Å². The van der Waals surface area contributed by atoms with E-state index in [2.05, 4.69) is 10.4 Å². The lowest BCUT2D eigenvalue weighted by atomic mass is 9.96. The predicted molar refractivity (Wildman–Crippen MR) is 110 cm³/mol. The summed E-state index contributed by atoms with van der Waals surface area (Å²) >= 11 is 0. The Morgan fingerprint density at radius 3 is 2.41 bits per heavy atom. The Labute approximate surface area is 183 Å². The summed E-state index contributed by atoms with van der Waals surface area (Å²) < 4.78 is 81.7. The number of carbonyl (C=O) groups is 1. The van der Waals surface area contributed by atoms with Gasteiger partial charge in [-0.3, -0.25) is 9.69 Å². The number of benzene rings is 1. The summed E-state index contributed by atoms with van der Waals surface area (Å²) in [5.74, 6) is -0.570. The molecule has 0 bridgehead atoms. The summed E-state index contributed by atoms with van der Waals surface area (Å²) in [6, 6.07) is -3.01. The molecule has 0 atom stereocenters. The molecule has 9 heteroatoms. The second-order valence-corrected chi connectivity index (χ2v) is 6.41. The largest absolute Gasteiger partial charge is 0.363 e. The number of ether oxygens (including phenoxy) is 1. The van der Waals surface area contributed by atoms with Gasteiger partial charge in [0.15, 0.2) is 0 Å². The van der Waals surface area contributed by atoms with Gasteiger partial charge >= 0.3 is 5.69 Å². The Hall–Kier alpha value is -2.52. The van der Waals surface area contributed by atoms with Crippen molar-refractivity contribution in [1.82, 2.24) is 24.7 Å². The Morgan fingerprint density at radius 2 is 1.86 bits per heavy atom. The summed E-state index contributed by atoms with van der Waals surface area (Å²) in [5, 5.41) is 7.08. The minimum Gasteiger partial charge on any atom is -0.358 e. The molecular weight excluding hydrogens is 372 g/mol. The molecule has 0 saturated carbocycles. The fraction of sp³-hybridized carbons (Fsp3) is 0.600. The van der Waals surface area contributed by atoms with Crippen LogP contribution >= 0.6 is 0 Å². The summed E-state index contributed by atoms with van der Waals surface area (Å²) in [6.45, 7) is -2.71. The molecule has 158 valence electrons. The van der Waals surface area contributed by atoms with E-state index in [9.17, 15) is 9.59 Å². The highest BCUT2D eigenvalue weighted by molar-refractivity contribution is 5.94. The van der Waals surface area contributed by atoms with Gasteiger partial charge in [0, 0.05) is 60.9 Å². The number of carbonyl (C=O) groups excluding carboxylic acids is 1. The minimum absolute atomic E-state index is 0.0730. The van der Waals surface area contributed by atoms with E-state index in [0.717, 1.165) is 14.5 Å². The fourth-order valence-corrected chi connectivity index (χ4v) is 3.22. The van der Waals surface area contributed by atoms with Gasteiger partial charge < -0.3 is 9.64 Å². The van der Waals surface area contributed by atoms with Gasteiger partial charge in [-0.05, 0) is 29.4 Å². The average molecular weight is 412 g/mol. The van der Waals surface area contributed by atoms with Crippen molar-refractivity contribution < 1.29 is 21.9 Å². The van der Waals surface area contributed by atoms with Gasteiger partial charge in [0.05, 0.1) is 16.1 Å². The van der Waals surface area contributed by atoms with E-state index in [1.807, 2.05) is 0 Å². The molecule has 1 aromatic carbocycles. The smallest absolute Gasteiger partial charge is 0.358 e. The molecule has 1 aliphatic heterocycles. The van der Waals surface area contributed by atoms with Gasteiger partial charge in [-0.15, -0.1) is 0 Å². The molecule has 0 unspecified atom stereocenters. The summed E-state index contributed by atoms with van der Waals surface area (Å²) in [4.78, 5) is 27.8. The Morgan fingerprint density at radius 1 is 1.21 bits per heavy atom. The lowest BCUT2D eigenvalue weighted by Crippen LogP contribution is -2.59. The summed E-state index contributed by atoms with van der Waals surface area (Å²) in [5.41, 5.74) is -2.77. The molecule has 0 radical (unpaired) electrons. The molecular formula is C20H30N6O3. The molecule has 1 amide bonds. The van der Waals surface area contributed by atoms with E-state index in [0.29, 0.717) is 4.68 Å². The molecule has 1 fully saturated rings. The number of likely N-dealkylation sites (tertiary alicyclic amines) is 1. The van der Waals surface area contributed by atoms with E-state index in [-0.39, 0.29) is 44.6 Å². The predicted octanol–water partition coefficient (Wildman–Crippen LogP) is 1.34. The summed E-state index contributed by atoms with van der Waals surface area (Å²) in [7, 11) is 1.30. The third-order valence-corrected chi connectivity index (χ3v) is 4.85. The maximum Gasteiger partial charge on any atom is 0.363 e. The van der Waals surface area contributed by atoms with Crippen molar-refractivity contribution in [3.8, 4) is 0 Å². The minimum atomic E-state index is -2.92. The number of amides is 1. The number of nitrogens with zero attached hydrogens (tertiary/aromatic N) is 6. The molecule has 1 saturated heterocycles. The van der Waals surface area contributed by atoms with E-state index in [1.54, 1.807) is 13.8 Å². The first-order chi connectivity index (χ1) is 17.6. The zero-order valence-electron chi connectivity index (χ0n) is 25.7. The third-order valence-electron chi connectivity index (χ3n) is 4.85. The van der Waals surface area contributed by atoms with E-state index >= 15 is 0 Å². The van der Waals surface area contributed by atoms with Gasteiger partial charge in [-0.1, -0.05) is 25.1 Å². The highest BCUT2D eigenvalue weighted by atomic mass is 16.5. The first-order valence-corrected chi connectivity index (χ1v) is 9.36. The average Bonchev–Trinajstić information content (AvgIpc) is 3.29. The van der Waals surface area contributed by atoms with Gasteiger partial charge in [0.2, 0.25) is 5.91 Å². The molecule has 29 heavy (non-hydrogen) atoms. The second-order valence-electron chi connectivity index (χ2n) is 6.41. The number of para-hydroxylation sites is 1. The van der Waals surface area contributed by atoms with Crippen molar-refractivity contribution >= 4 is 11.6 Å². The molecule has 1 aliphatic rings. The third kappa shape index (κ3) is 4.40. The number of aryl methyl sites for hydroxylation is 2. The second kappa shape index (κ2) is 9.32. The van der Waals surface area contributed by atoms with Crippen LogP contribution in [0.2, 0.25) is 0 Å². The Balaban J connectivity index is 2.02. The van der Waals surface area contributed by atoms with E-state index in [1.165, 1.54) is 7.11 Å². The van der Waals surface area contributed by atoms with Crippen LogP contribution < -0.4 is 10.6 Å². The number of rotatable bonds is 8. The van der Waals surface area contributed by atoms with Gasteiger partial charge in [-0.25, -0.2) is 4.79 Å². The number of hydrogen-bond acceptors (Lipinski definition) is 6. The number of aromatic nitrogens is 4. The molecule has 9 nitrogen and oxygen atoms in total. The molecule has 0 spiro atoms. The van der Waals surface area contributed by atoms with Gasteiger partial charge in [-0.2, -0.15) is 9.36 Å². The maximum atomic E-state index is 13.2. The van der Waals surface area contributed by atoms with Crippen LogP contribution in [0.3, 0.4) is 0 Å². The van der Waals surface area contributed by atoms with Crippen LogP contribution in [0.25, 0.3) is 0 Å². The maximum absolute atomic E-state index is 13.2. The molecule has 0 N–H and O–H groups in total. The van der Waals surface area contributed by atoms with Crippen molar-refractivity contribution in [2.45, 2.75) is 51.9 Å². The monoisotopic (exact) mass is 411 g/mol. The zero-order chi connectivity index (χ0) is 28.8. The standard InChI is InChI=1S/C20H30N6O3/c1-4-18(27)26(17-9-7-6-8-10-17)20(29-3)11-13-23(14-12-20)15-16-25-19(28)24(5-2)21-22-25/h6-10H,4-5,11-16H2,1-3H3/i6D,7D,8D,9D,10D,15D2,16D2. The van der Waals surface area contributed by atoms with Crippen LogP contribution in [-0.4, -0.2) is 63.0 Å². The van der Waals surface area contributed by atoms with E-state index < -0.39 is 60.5 Å². The van der Waals surface area contributed by atoms with Crippen LogP contribution in [0.5, 0.6) is 0 Å². The first kappa shape index (κ1) is 12.2. The molecule has 0 aliphatic carbocycles. The van der Waals surface area contributed by atoms with Crippen molar-refractivity contribution in [3.63, 3.8) is 0 Å². The van der Waals surface area contributed by atoms with Crippen molar-refractivity contribution in [2.75, 3.05) is 31.6 Å². The van der Waals surface area contributed by atoms with Gasteiger partial charge in [0.25, 0.3) is 0 Å². The highest BCUT2D eigenvalue weighted by Gasteiger charge is 2.43.